The van der Waals surface area contributed by atoms with E-state index in [0.717, 1.165) is 5.56 Å². The Kier molecular flexibility index (Phi) is 5.92. The molecule has 0 aliphatic carbocycles. The minimum atomic E-state index is -0.397. The van der Waals surface area contributed by atoms with Crippen molar-refractivity contribution >= 4 is 23.3 Å². The quantitative estimate of drug-likeness (QED) is 0.787. The summed E-state index contributed by atoms with van der Waals surface area (Å²) in [6.45, 7) is 1.43. The van der Waals surface area contributed by atoms with Gasteiger partial charge in [0.15, 0.2) is 0 Å². The number of hydrogen-bond donors (Lipinski definition) is 3. The van der Waals surface area contributed by atoms with Crippen LogP contribution in [0.1, 0.15) is 24.9 Å². The molecular weight excluding hydrogens is 304 g/mol. The molecule has 0 radical (unpaired) electrons. The molecule has 122 valence electrons. The Balaban J connectivity index is 1.98. The zero-order valence-electron chi connectivity index (χ0n) is 13.2. The largest absolute Gasteiger partial charge is 0.330 e. The predicted molar refractivity (Wildman–Crippen MR) is 92.3 cm³/mol. The summed E-state index contributed by atoms with van der Waals surface area (Å²) >= 11 is 0. The van der Waals surface area contributed by atoms with Crippen LogP contribution < -0.4 is 16.0 Å². The number of benzene rings is 2. The molecule has 6 nitrogen and oxygen atoms in total. The van der Waals surface area contributed by atoms with Gasteiger partial charge in [0.05, 0.1) is 18.5 Å². The van der Waals surface area contributed by atoms with Crippen molar-refractivity contribution in [1.82, 2.24) is 5.32 Å². The van der Waals surface area contributed by atoms with Gasteiger partial charge in [-0.15, -0.1) is 0 Å². The number of carbonyl (C=O) groups excluding carboxylic acids is 2. The number of hydrogen-bond acceptors (Lipinski definition) is 3. The van der Waals surface area contributed by atoms with Gasteiger partial charge < -0.3 is 16.0 Å². The highest BCUT2D eigenvalue weighted by molar-refractivity contribution is 5.91. The summed E-state index contributed by atoms with van der Waals surface area (Å²) in [4.78, 5) is 23.1. The summed E-state index contributed by atoms with van der Waals surface area (Å²) in [5.41, 5.74) is 2.11. The second-order valence-corrected chi connectivity index (χ2v) is 5.18. The molecule has 3 amide bonds. The Bertz CT molecular complexity index is 736. The molecule has 0 spiro atoms. The summed E-state index contributed by atoms with van der Waals surface area (Å²) in [6.07, 6.45) is 0.179. The van der Waals surface area contributed by atoms with Crippen LogP contribution in [0.3, 0.4) is 0 Å². The summed E-state index contributed by atoms with van der Waals surface area (Å²) in [5, 5.41) is 17.1. The molecule has 0 unspecified atom stereocenters. The lowest BCUT2D eigenvalue weighted by Crippen LogP contribution is -2.32. The van der Waals surface area contributed by atoms with Crippen molar-refractivity contribution in [3.63, 3.8) is 0 Å². The number of rotatable bonds is 5. The highest BCUT2D eigenvalue weighted by Crippen LogP contribution is 2.17. The molecule has 1 atom stereocenters. The van der Waals surface area contributed by atoms with Crippen molar-refractivity contribution in [2.45, 2.75) is 19.4 Å². The maximum absolute atomic E-state index is 12.1. The Morgan fingerprint density at radius 3 is 2.12 bits per heavy atom. The number of nitrogens with one attached hydrogen (secondary N) is 3. The average molecular weight is 322 g/mol. The highest BCUT2D eigenvalue weighted by Gasteiger charge is 2.14. The predicted octanol–water partition coefficient (Wildman–Crippen LogP) is 3.42. The fraction of sp³-hybridized carbons (Fsp3) is 0.167. The first-order chi connectivity index (χ1) is 11.6. The first kappa shape index (κ1) is 17.0. The van der Waals surface area contributed by atoms with E-state index in [9.17, 15) is 9.59 Å². The summed E-state index contributed by atoms with van der Waals surface area (Å²) in [6, 6.07) is 17.4. The van der Waals surface area contributed by atoms with Crippen LogP contribution in [0, 0.1) is 11.3 Å². The van der Waals surface area contributed by atoms with Crippen LogP contribution in [-0.4, -0.2) is 11.9 Å². The fourth-order valence-electron chi connectivity index (χ4n) is 2.19. The van der Waals surface area contributed by atoms with Crippen molar-refractivity contribution in [3.05, 3.63) is 60.2 Å². The van der Waals surface area contributed by atoms with Crippen molar-refractivity contribution in [2.75, 3.05) is 10.6 Å². The molecule has 2 aromatic carbocycles. The number of amides is 3. The Labute approximate surface area is 140 Å². The summed E-state index contributed by atoms with van der Waals surface area (Å²) in [7, 11) is 0. The summed E-state index contributed by atoms with van der Waals surface area (Å²) < 4.78 is 0. The van der Waals surface area contributed by atoms with E-state index in [2.05, 4.69) is 22.0 Å². The van der Waals surface area contributed by atoms with Gasteiger partial charge in [-0.2, -0.15) is 5.26 Å². The maximum atomic E-state index is 12.1. The molecule has 3 N–H and O–H groups in total. The van der Waals surface area contributed by atoms with Crippen molar-refractivity contribution in [1.29, 1.82) is 5.26 Å². The van der Waals surface area contributed by atoms with E-state index in [1.54, 1.807) is 24.3 Å². The average Bonchev–Trinajstić information content (AvgIpc) is 2.56. The van der Waals surface area contributed by atoms with Crippen molar-refractivity contribution in [3.8, 4) is 6.07 Å². The highest BCUT2D eigenvalue weighted by atomic mass is 16.2. The third kappa shape index (κ3) is 5.14. The van der Waals surface area contributed by atoms with Gasteiger partial charge in [0, 0.05) is 18.3 Å². The number of nitrogens with zero attached hydrogens (tertiary/aromatic N) is 1. The van der Waals surface area contributed by atoms with E-state index < -0.39 is 6.03 Å². The molecular formula is C18H18N4O2. The van der Waals surface area contributed by atoms with Crippen LogP contribution in [0.25, 0.3) is 0 Å². The van der Waals surface area contributed by atoms with Gasteiger partial charge in [0.25, 0.3) is 0 Å². The molecule has 0 heterocycles. The Hall–Kier alpha value is -3.33. The SMILES string of the molecule is CC(=O)Nc1ccc(NC(=O)N[C@H](CC#N)c2ccccc2)cc1. The number of urea groups is 1. The third-order valence-corrected chi connectivity index (χ3v) is 3.27. The molecule has 0 saturated heterocycles. The van der Waals surface area contributed by atoms with Gasteiger partial charge >= 0.3 is 6.03 Å². The number of carbonyl (C=O) groups is 2. The topological polar surface area (TPSA) is 94.0 Å². The monoisotopic (exact) mass is 322 g/mol. The lowest BCUT2D eigenvalue weighted by atomic mass is 10.0. The lowest BCUT2D eigenvalue weighted by Gasteiger charge is -2.17. The van der Waals surface area contributed by atoms with E-state index in [1.165, 1.54) is 6.92 Å². The number of anilines is 2. The smallest absolute Gasteiger partial charge is 0.319 e. The summed E-state index contributed by atoms with van der Waals surface area (Å²) in [5.74, 6) is -0.157. The zero-order valence-corrected chi connectivity index (χ0v) is 13.2. The van der Waals surface area contributed by atoms with Gasteiger partial charge in [-0.3, -0.25) is 4.79 Å². The van der Waals surface area contributed by atoms with Crippen LogP contribution in [0.5, 0.6) is 0 Å². The van der Waals surface area contributed by atoms with Gasteiger partial charge in [-0.05, 0) is 29.8 Å². The molecule has 0 aromatic heterocycles. The standard InChI is InChI=1S/C18H18N4O2/c1-13(23)20-15-7-9-16(10-8-15)21-18(24)22-17(11-12-19)14-5-3-2-4-6-14/h2-10,17H,11H2,1H3,(H,20,23)(H2,21,22,24)/t17-/m1/s1. The van der Waals surface area contributed by atoms with E-state index in [0.29, 0.717) is 11.4 Å². The lowest BCUT2D eigenvalue weighted by molar-refractivity contribution is -0.114. The molecule has 2 aromatic rings. The maximum Gasteiger partial charge on any atom is 0.319 e. The molecule has 2 rings (SSSR count). The van der Waals surface area contributed by atoms with Gasteiger partial charge in [0.2, 0.25) is 5.91 Å². The normalized spacial score (nSPS) is 11.0. The Morgan fingerprint density at radius 1 is 1.00 bits per heavy atom. The van der Waals surface area contributed by atoms with Gasteiger partial charge in [0.1, 0.15) is 0 Å². The van der Waals surface area contributed by atoms with Crippen molar-refractivity contribution in [2.24, 2.45) is 0 Å². The molecule has 0 bridgehead atoms. The van der Waals surface area contributed by atoms with Gasteiger partial charge in [-0.1, -0.05) is 30.3 Å². The minimum absolute atomic E-state index is 0.157. The van der Waals surface area contributed by atoms with Crippen LogP contribution >= 0.6 is 0 Å². The second-order valence-electron chi connectivity index (χ2n) is 5.18. The fourth-order valence-corrected chi connectivity index (χ4v) is 2.19. The molecule has 24 heavy (non-hydrogen) atoms. The molecule has 0 aliphatic heterocycles. The first-order valence-electron chi connectivity index (χ1n) is 7.45. The Morgan fingerprint density at radius 2 is 1.58 bits per heavy atom. The van der Waals surface area contributed by atoms with E-state index in [1.807, 2.05) is 30.3 Å². The van der Waals surface area contributed by atoms with Crippen LogP contribution in [0.2, 0.25) is 0 Å². The molecule has 0 saturated carbocycles. The zero-order chi connectivity index (χ0) is 17.4. The van der Waals surface area contributed by atoms with E-state index in [-0.39, 0.29) is 18.4 Å². The number of nitriles is 1. The second kappa shape index (κ2) is 8.34. The van der Waals surface area contributed by atoms with Crippen LogP contribution in [0.15, 0.2) is 54.6 Å². The van der Waals surface area contributed by atoms with E-state index in [4.69, 9.17) is 5.26 Å². The van der Waals surface area contributed by atoms with Crippen LogP contribution in [-0.2, 0) is 4.79 Å². The van der Waals surface area contributed by atoms with Gasteiger partial charge in [-0.25, -0.2) is 4.79 Å². The molecule has 0 fully saturated rings. The van der Waals surface area contributed by atoms with Crippen LogP contribution in [0.4, 0.5) is 16.2 Å². The third-order valence-electron chi connectivity index (χ3n) is 3.27. The van der Waals surface area contributed by atoms with Crippen molar-refractivity contribution < 1.29 is 9.59 Å². The van der Waals surface area contributed by atoms with E-state index >= 15 is 0 Å². The minimum Gasteiger partial charge on any atom is -0.330 e. The molecule has 6 heteroatoms. The molecule has 0 aliphatic rings. The first-order valence-corrected chi connectivity index (χ1v) is 7.45.